The Kier molecular flexibility index (Phi) is 7.06. The van der Waals surface area contributed by atoms with Gasteiger partial charge in [-0.1, -0.05) is 30.2 Å². The monoisotopic (exact) mass is 454 g/mol. The molecule has 0 bridgehead atoms. The van der Waals surface area contributed by atoms with E-state index in [1.165, 1.54) is 34.6 Å². The topological polar surface area (TPSA) is 92.8 Å². The van der Waals surface area contributed by atoms with Crippen LogP contribution in [0.25, 0.3) is 0 Å². The van der Waals surface area contributed by atoms with E-state index in [4.69, 9.17) is 16.3 Å². The number of ether oxygens (including phenoxy) is 1. The molecule has 1 saturated heterocycles. The Balaban J connectivity index is 1.68. The molecule has 1 aliphatic rings. The van der Waals surface area contributed by atoms with Gasteiger partial charge in [-0.2, -0.15) is 4.31 Å². The molecule has 7 nitrogen and oxygen atoms in total. The van der Waals surface area contributed by atoms with Gasteiger partial charge in [-0.05, 0) is 43.2 Å². The number of sulfonamides is 1. The number of hydrogen-bond acceptors (Lipinski definition) is 5. The number of benzene rings is 2. The quantitative estimate of drug-likeness (QED) is 0.675. The molecule has 30 heavy (non-hydrogen) atoms. The highest BCUT2D eigenvalue weighted by molar-refractivity contribution is 7.89. The molecule has 10 heteroatoms. The van der Waals surface area contributed by atoms with Gasteiger partial charge < -0.3 is 10.1 Å². The van der Waals surface area contributed by atoms with Gasteiger partial charge in [0, 0.05) is 13.1 Å². The number of esters is 1. The van der Waals surface area contributed by atoms with Crippen molar-refractivity contribution in [1.82, 2.24) is 4.31 Å². The van der Waals surface area contributed by atoms with Gasteiger partial charge in [-0.3, -0.25) is 4.79 Å². The third-order valence-corrected chi connectivity index (χ3v) is 6.96. The third kappa shape index (κ3) is 5.16. The Morgan fingerprint density at radius 1 is 1.10 bits per heavy atom. The van der Waals surface area contributed by atoms with Crippen molar-refractivity contribution in [2.45, 2.75) is 24.2 Å². The van der Waals surface area contributed by atoms with E-state index in [0.717, 1.165) is 25.3 Å². The van der Waals surface area contributed by atoms with E-state index >= 15 is 0 Å². The number of nitrogens with zero attached hydrogens (tertiary/aromatic N) is 1. The number of halogens is 2. The van der Waals surface area contributed by atoms with Crippen LogP contribution >= 0.6 is 11.6 Å². The van der Waals surface area contributed by atoms with Crippen LogP contribution in [-0.4, -0.2) is 44.3 Å². The van der Waals surface area contributed by atoms with Crippen molar-refractivity contribution in [3.05, 3.63) is 58.9 Å². The maximum absolute atomic E-state index is 13.6. The number of piperidine rings is 1. The number of carbonyl (C=O) groups excluding carboxylic acids is 2. The molecule has 0 aliphatic carbocycles. The molecule has 0 radical (unpaired) electrons. The van der Waals surface area contributed by atoms with E-state index in [1.807, 2.05) is 0 Å². The maximum Gasteiger partial charge on any atom is 0.338 e. The number of nitrogens with one attached hydrogen (secondary N) is 1. The van der Waals surface area contributed by atoms with E-state index in [-0.39, 0.29) is 21.2 Å². The van der Waals surface area contributed by atoms with Gasteiger partial charge in [0.1, 0.15) is 10.7 Å². The number of para-hydroxylation sites is 1. The zero-order chi connectivity index (χ0) is 21.7. The Hall–Kier alpha value is -2.49. The van der Waals surface area contributed by atoms with Gasteiger partial charge in [0.2, 0.25) is 10.0 Å². The summed E-state index contributed by atoms with van der Waals surface area (Å²) in [5.41, 5.74) is -0.103. The fourth-order valence-electron chi connectivity index (χ4n) is 3.04. The Bertz CT molecular complexity index is 1050. The summed E-state index contributed by atoms with van der Waals surface area (Å²) in [5.74, 6) is -2.25. The lowest BCUT2D eigenvalue weighted by atomic mass is 10.2. The van der Waals surface area contributed by atoms with Gasteiger partial charge >= 0.3 is 5.97 Å². The van der Waals surface area contributed by atoms with Crippen molar-refractivity contribution in [2.75, 3.05) is 25.0 Å². The van der Waals surface area contributed by atoms with Gasteiger partial charge in [-0.15, -0.1) is 0 Å². The van der Waals surface area contributed by atoms with Crippen molar-refractivity contribution < 1.29 is 27.1 Å². The van der Waals surface area contributed by atoms with Crippen molar-refractivity contribution in [3.8, 4) is 0 Å². The zero-order valence-electron chi connectivity index (χ0n) is 15.9. The van der Waals surface area contributed by atoms with Crippen LogP contribution in [0.1, 0.15) is 29.6 Å². The van der Waals surface area contributed by atoms with Crippen LogP contribution in [0.5, 0.6) is 0 Å². The summed E-state index contributed by atoms with van der Waals surface area (Å²) in [6.07, 6.45) is 2.48. The average molecular weight is 455 g/mol. The van der Waals surface area contributed by atoms with Crippen LogP contribution in [0.15, 0.2) is 47.4 Å². The molecule has 1 N–H and O–H groups in total. The summed E-state index contributed by atoms with van der Waals surface area (Å²) < 4.78 is 45.6. The van der Waals surface area contributed by atoms with Gasteiger partial charge in [0.15, 0.2) is 6.61 Å². The van der Waals surface area contributed by atoms with Crippen LogP contribution in [0.4, 0.5) is 10.1 Å². The van der Waals surface area contributed by atoms with Crippen molar-refractivity contribution in [1.29, 1.82) is 0 Å². The van der Waals surface area contributed by atoms with Crippen LogP contribution in [0.3, 0.4) is 0 Å². The summed E-state index contributed by atoms with van der Waals surface area (Å²) in [4.78, 5) is 24.0. The van der Waals surface area contributed by atoms with Crippen LogP contribution in [0.2, 0.25) is 5.02 Å². The first-order valence-corrected chi connectivity index (χ1v) is 11.1. The highest BCUT2D eigenvalue weighted by atomic mass is 35.5. The van der Waals surface area contributed by atoms with Crippen LogP contribution in [0, 0.1) is 5.82 Å². The molecule has 1 aliphatic heterocycles. The molecular weight excluding hydrogens is 435 g/mol. The Morgan fingerprint density at radius 2 is 1.80 bits per heavy atom. The number of carbonyl (C=O) groups is 2. The van der Waals surface area contributed by atoms with Crippen LogP contribution in [-0.2, 0) is 19.6 Å². The fourth-order valence-corrected chi connectivity index (χ4v) is 5.05. The minimum Gasteiger partial charge on any atom is -0.452 e. The largest absolute Gasteiger partial charge is 0.452 e. The number of rotatable bonds is 6. The minimum atomic E-state index is -3.85. The van der Waals surface area contributed by atoms with E-state index in [1.54, 1.807) is 6.07 Å². The van der Waals surface area contributed by atoms with Crippen molar-refractivity contribution in [3.63, 3.8) is 0 Å². The fraction of sp³-hybridized carbons (Fsp3) is 0.300. The predicted octanol–water partition coefficient (Wildman–Crippen LogP) is 3.45. The molecule has 0 aromatic heterocycles. The Labute approximate surface area is 178 Å². The maximum atomic E-state index is 13.6. The molecule has 0 unspecified atom stereocenters. The summed E-state index contributed by atoms with van der Waals surface area (Å²) in [7, 11) is -3.85. The second kappa shape index (κ2) is 9.55. The first-order chi connectivity index (χ1) is 14.3. The smallest absolute Gasteiger partial charge is 0.338 e. The number of amides is 1. The normalized spacial score (nSPS) is 14.9. The molecule has 1 fully saturated rings. The molecular formula is C20H20ClFN2O5S. The van der Waals surface area contributed by atoms with Gasteiger partial charge in [-0.25, -0.2) is 17.6 Å². The minimum absolute atomic E-state index is 0.00517. The standard InChI is InChI=1S/C20H20ClFN2O5S/c21-15-9-8-14(12-18(15)30(27,28)24-10-4-1-5-11-24)20(26)29-13-19(25)23-17-7-3-2-6-16(17)22/h2-3,6-9,12H,1,4-5,10-11,13H2,(H,23,25). The predicted molar refractivity (Wildman–Crippen MR) is 109 cm³/mol. The summed E-state index contributed by atoms with van der Waals surface area (Å²) >= 11 is 6.08. The lowest BCUT2D eigenvalue weighted by molar-refractivity contribution is -0.119. The first kappa shape index (κ1) is 22.2. The molecule has 2 aromatic rings. The molecule has 3 rings (SSSR count). The van der Waals surface area contributed by atoms with Gasteiger partial charge in [0.25, 0.3) is 5.91 Å². The van der Waals surface area contributed by atoms with E-state index in [2.05, 4.69) is 5.32 Å². The summed E-state index contributed by atoms with van der Waals surface area (Å²) in [5, 5.41) is 2.28. The van der Waals surface area contributed by atoms with E-state index < -0.39 is 34.3 Å². The lowest BCUT2D eigenvalue weighted by Gasteiger charge is -2.26. The number of anilines is 1. The average Bonchev–Trinajstić information content (AvgIpc) is 2.74. The van der Waals surface area contributed by atoms with Crippen LogP contribution < -0.4 is 5.32 Å². The zero-order valence-corrected chi connectivity index (χ0v) is 17.5. The molecule has 1 heterocycles. The molecule has 2 aromatic carbocycles. The lowest BCUT2D eigenvalue weighted by Crippen LogP contribution is -2.35. The Morgan fingerprint density at radius 3 is 2.50 bits per heavy atom. The number of hydrogen-bond donors (Lipinski definition) is 1. The van der Waals surface area contributed by atoms with Crippen molar-refractivity contribution >= 4 is 39.2 Å². The molecule has 0 saturated carbocycles. The molecule has 160 valence electrons. The van der Waals surface area contributed by atoms with Crippen molar-refractivity contribution in [2.24, 2.45) is 0 Å². The van der Waals surface area contributed by atoms with Gasteiger partial charge in [0.05, 0.1) is 16.3 Å². The second-order valence-electron chi connectivity index (χ2n) is 6.71. The first-order valence-electron chi connectivity index (χ1n) is 9.30. The molecule has 0 atom stereocenters. The van der Waals surface area contributed by atoms with E-state index in [0.29, 0.717) is 13.1 Å². The molecule has 1 amide bonds. The highest BCUT2D eigenvalue weighted by Gasteiger charge is 2.29. The second-order valence-corrected chi connectivity index (χ2v) is 9.03. The summed E-state index contributed by atoms with van der Waals surface area (Å²) in [6, 6.07) is 9.32. The third-order valence-electron chi connectivity index (χ3n) is 4.58. The highest BCUT2D eigenvalue weighted by Crippen LogP contribution is 2.28. The van der Waals surface area contributed by atoms with E-state index in [9.17, 15) is 22.4 Å². The SMILES string of the molecule is O=C(COC(=O)c1ccc(Cl)c(S(=O)(=O)N2CCCCC2)c1)Nc1ccccc1F. The molecule has 0 spiro atoms. The summed E-state index contributed by atoms with van der Waals surface area (Å²) in [6.45, 7) is 0.122.